The van der Waals surface area contributed by atoms with E-state index in [4.69, 9.17) is 4.74 Å². The van der Waals surface area contributed by atoms with Gasteiger partial charge in [0.25, 0.3) is 0 Å². The molecule has 2 nitrogen and oxygen atoms in total. The van der Waals surface area contributed by atoms with Gasteiger partial charge in [0.1, 0.15) is 0 Å². The lowest BCUT2D eigenvalue weighted by molar-refractivity contribution is 0.304. The zero-order chi connectivity index (χ0) is 10.3. The van der Waals surface area contributed by atoms with Crippen molar-refractivity contribution in [1.29, 1.82) is 0 Å². The molecule has 0 rings (SSSR count). The molecular formula is C11H21NO. The normalized spacial score (nSPS) is 11.7. The molecule has 0 heterocycles. The molecule has 0 atom stereocenters. The number of allylic oxidation sites excluding steroid dienone is 1. The minimum atomic E-state index is 0.294. The van der Waals surface area contributed by atoms with Crippen molar-refractivity contribution in [3.63, 3.8) is 0 Å². The zero-order valence-electron chi connectivity index (χ0n) is 9.42. The molecule has 0 amide bonds. The van der Waals surface area contributed by atoms with Crippen LogP contribution in [-0.4, -0.2) is 18.5 Å². The van der Waals surface area contributed by atoms with Crippen molar-refractivity contribution in [1.82, 2.24) is 0 Å². The van der Waals surface area contributed by atoms with Crippen LogP contribution in [0.25, 0.3) is 0 Å². The third-order valence-electron chi connectivity index (χ3n) is 1.25. The molecule has 0 bridgehead atoms. The predicted octanol–water partition coefficient (Wildman–Crippen LogP) is 3.19. The van der Waals surface area contributed by atoms with Gasteiger partial charge >= 0.3 is 0 Å². The van der Waals surface area contributed by atoms with Crippen LogP contribution >= 0.6 is 0 Å². The second-order valence-corrected chi connectivity index (χ2v) is 3.63. The van der Waals surface area contributed by atoms with Crippen LogP contribution in [0.3, 0.4) is 0 Å². The highest BCUT2D eigenvalue weighted by Crippen LogP contribution is 1.98. The second kappa shape index (κ2) is 6.70. The maximum Gasteiger partial charge on any atom is 0.208 e. The quantitative estimate of drug-likeness (QED) is 0.484. The van der Waals surface area contributed by atoms with Crippen LogP contribution in [0, 0.1) is 0 Å². The molecule has 0 aliphatic rings. The molecule has 0 fully saturated rings. The molecule has 0 unspecified atom stereocenters. The number of hydrogen-bond acceptors (Lipinski definition) is 2. The summed E-state index contributed by atoms with van der Waals surface area (Å²) in [6, 6.07) is 0.294. The fourth-order valence-corrected chi connectivity index (χ4v) is 0.824. The van der Waals surface area contributed by atoms with Crippen molar-refractivity contribution < 1.29 is 4.74 Å². The number of aliphatic imine (C=N–C) groups is 1. The van der Waals surface area contributed by atoms with E-state index in [1.807, 2.05) is 33.8 Å². The highest BCUT2D eigenvalue weighted by molar-refractivity contribution is 5.88. The molecule has 0 aliphatic carbocycles. The van der Waals surface area contributed by atoms with E-state index in [9.17, 15) is 0 Å². The molecule has 0 spiro atoms. The van der Waals surface area contributed by atoms with Gasteiger partial charge in [-0.15, -0.1) is 0 Å². The van der Waals surface area contributed by atoms with E-state index in [-0.39, 0.29) is 0 Å². The lowest BCUT2D eigenvalue weighted by atomic mass is 10.3. The first-order valence-electron chi connectivity index (χ1n) is 4.91. The van der Waals surface area contributed by atoms with Gasteiger partial charge in [-0.3, -0.25) is 0 Å². The first kappa shape index (κ1) is 12.2. The van der Waals surface area contributed by atoms with Gasteiger partial charge in [0.2, 0.25) is 5.90 Å². The first-order chi connectivity index (χ1) is 6.06. The van der Waals surface area contributed by atoms with Gasteiger partial charge < -0.3 is 4.74 Å². The van der Waals surface area contributed by atoms with Crippen molar-refractivity contribution in [3.05, 3.63) is 11.6 Å². The Bertz CT molecular complexity index is 188. The van der Waals surface area contributed by atoms with Crippen LogP contribution < -0.4 is 0 Å². The van der Waals surface area contributed by atoms with Gasteiger partial charge in [0.15, 0.2) is 0 Å². The van der Waals surface area contributed by atoms with Gasteiger partial charge in [-0.05, 0) is 40.2 Å². The van der Waals surface area contributed by atoms with Gasteiger partial charge in [-0.1, -0.05) is 12.5 Å². The van der Waals surface area contributed by atoms with E-state index < -0.39 is 0 Å². The summed E-state index contributed by atoms with van der Waals surface area (Å²) in [7, 11) is 0. The molecule has 0 aromatic rings. The average molecular weight is 183 g/mol. The molecule has 76 valence electrons. The second-order valence-electron chi connectivity index (χ2n) is 3.63. The zero-order valence-corrected chi connectivity index (χ0v) is 9.42. The van der Waals surface area contributed by atoms with Crippen LogP contribution in [0.2, 0.25) is 0 Å². The van der Waals surface area contributed by atoms with Crippen molar-refractivity contribution >= 4 is 5.90 Å². The summed E-state index contributed by atoms with van der Waals surface area (Å²) in [5.74, 6) is 0.761. The highest BCUT2D eigenvalue weighted by atomic mass is 16.5. The summed E-state index contributed by atoms with van der Waals surface area (Å²) in [4.78, 5) is 4.37. The first-order valence-corrected chi connectivity index (χ1v) is 4.91. The molecule has 2 heteroatoms. The van der Waals surface area contributed by atoms with Crippen molar-refractivity contribution in [2.24, 2.45) is 4.99 Å². The van der Waals surface area contributed by atoms with Gasteiger partial charge in [-0.2, -0.15) is 0 Å². The number of nitrogens with zero attached hydrogens (tertiary/aromatic N) is 1. The summed E-state index contributed by atoms with van der Waals surface area (Å²) < 4.78 is 5.49. The lowest BCUT2D eigenvalue weighted by Crippen LogP contribution is -2.06. The van der Waals surface area contributed by atoms with Crippen LogP contribution in [0.1, 0.15) is 41.0 Å². The van der Waals surface area contributed by atoms with Crippen LogP contribution in [0.4, 0.5) is 0 Å². The molecule has 0 aliphatic heterocycles. The van der Waals surface area contributed by atoms with Gasteiger partial charge in [-0.25, -0.2) is 4.99 Å². The summed E-state index contributed by atoms with van der Waals surface area (Å²) in [6.07, 6.45) is 3.00. The fourth-order valence-electron chi connectivity index (χ4n) is 0.824. The number of hydrogen-bond donors (Lipinski definition) is 0. The molecule has 13 heavy (non-hydrogen) atoms. The topological polar surface area (TPSA) is 21.6 Å². The maximum absolute atomic E-state index is 5.49. The van der Waals surface area contributed by atoms with Gasteiger partial charge in [0.05, 0.1) is 6.61 Å². The Morgan fingerprint density at radius 2 is 2.00 bits per heavy atom. The maximum atomic E-state index is 5.49. The molecular weight excluding hydrogens is 162 g/mol. The summed E-state index contributed by atoms with van der Waals surface area (Å²) >= 11 is 0. The number of rotatable bonds is 4. The molecule has 0 saturated carbocycles. The molecule has 0 aromatic heterocycles. The fraction of sp³-hybridized carbons (Fsp3) is 0.727. The van der Waals surface area contributed by atoms with E-state index in [1.165, 1.54) is 5.57 Å². The van der Waals surface area contributed by atoms with Crippen LogP contribution in [0.15, 0.2) is 16.6 Å². The summed E-state index contributed by atoms with van der Waals surface area (Å²) in [5.41, 5.74) is 1.22. The predicted molar refractivity (Wildman–Crippen MR) is 58.2 cm³/mol. The van der Waals surface area contributed by atoms with Crippen LogP contribution in [0.5, 0.6) is 0 Å². The van der Waals surface area contributed by atoms with Crippen molar-refractivity contribution in [2.75, 3.05) is 6.61 Å². The molecule has 0 saturated heterocycles. The summed E-state index contributed by atoms with van der Waals surface area (Å²) in [5, 5.41) is 0. The summed E-state index contributed by atoms with van der Waals surface area (Å²) in [6.45, 7) is 11.0. The Kier molecular flexibility index (Phi) is 6.29. The Morgan fingerprint density at radius 1 is 1.38 bits per heavy atom. The van der Waals surface area contributed by atoms with Crippen LogP contribution in [-0.2, 0) is 4.74 Å². The Hall–Kier alpha value is -0.790. The monoisotopic (exact) mass is 183 g/mol. The van der Waals surface area contributed by atoms with E-state index in [0.717, 1.165) is 18.9 Å². The SMILES string of the molecule is CCCOC(C=C(C)C)=NC(C)C. The Labute approximate surface area is 81.7 Å². The minimum Gasteiger partial charge on any atom is -0.478 e. The van der Waals surface area contributed by atoms with E-state index in [1.54, 1.807) is 0 Å². The van der Waals surface area contributed by atoms with Crippen molar-refractivity contribution in [3.8, 4) is 0 Å². The third-order valence-corrected chi connectivity index (χ3v) is 1.25. The van der Waals surface area contributed by atoms with E-state index in [2.05, 4.69) is 11.9 Å². The minimum absolute atomic E-state index is 0.294. The average Bonchev–Trinajstić information content (AvgIpc) is 1.98. The van der Waals surface area contributed by atoms with E-state index >= 15 is 0 Å². The number of ether oxygens (including phenoxy) is 1. The standard InChI is InChI=1S/C11H21NO/c1-6-7-13-11(8-9(2)3)12-10(4)5/h8,10H,6-7H2,1-5H3. The largest absolute Gasteiger partial charge is 0.478 e. The molecule has 0 radical (unpaired) electrons. The van der Waals surface area contributed by atoms with Crippen molar-refractivity contribution in [2.45, 2.75) is 47.1 Å². The van der Waals surface area contributed by atoms with E-state index in [0.29, 0.717) is 6.04 Å². The smallest absolute Gasteiger partial charge is 0.208 e. The van der Waals surface area contributed by atoms with Gasteiger partial charge in [0, 0.05) is 6.04 Å². The lowest BCUT2D eigenvalue weighted by Gasteiger charge is -2.06. The molecule has 0 N–H and O–H groups in total. The third kappa shape index (κ3) is 7.57. The Morgan fingerprint density at radius 3 is 2.38 bits per heavy atom. The highest BCUT2D eigenvalue weighted by Gasteiger charge is 1.97. The molecule has 0 aromatic carbocycles. The Balaban J connectivity index is 4.28.